The van der Waals surface area contributed by atoms with E-state index in [1.165, 1.54) is 0 Å². The number of aliphatic hydroxyl groups is 5. The summed E-state index contributed by atoms with van der Waals surface area (Å²) in [4.78, 5) is 12.8. The van der Waals surface area contributed by atoms with Crippen LogP contribution >= 0.6 is 0 Å². The fourth-order valence-corrected chi connectivity index (χ4v) is 6.17. The summed E-state index contributed by atoms with van der Waals surface area (Å²) < 4.78 is 11.1. The molecular weight excluding hydrogens is 719 g/mol. The minimum atomic E-state index is -1.56. The molecule has 0 aromatic carbocycles. The molecule has 7 atom stereocenters. The molecule has 6 N–H and O–H groups in total. The van der Waals surface area contributed by atoms with Crippen LogP contribution in [-0.2, 0) is 14.3 Å². The predicted molar refractivity (Wildman–Crippen MR) is 234 cm³/mol. The molecule has 57 heavy (non-hydrogen) atoms. The van der Waals surface area contributed by atoms with Crippen molar-refractivity contribution in [2.75, 3.05) is 13.2 Å². The molecule has 0 bridgehead atoms. The second-order valence-electron chi connectivity index (χ2n) is 14.8. The van der Waals surface area contributed by atoms with Crippen molar-refractivity contribution in [3.05, 3.63) is 97.2 Å². The second-order valence-corrected chi connectivity index (χ2v) is 14.8. The highest BCUT2D eigenvalue weighted by atomic mass is 16.7. The summed E-state index contributed by atoms with van der Waals surface area (Å²) in [7, 11) is 0. The van der Waals surface area contributed by atoms with E-state index in [9.17, 15) is 30.3 Å². The highest BCUT2D eigenvalue weighted by molar-refractivity contribution is 5.76. The highest BCUT2D eigenvalue weighted by Crippen LogP contribution is 2.22. The highest BCUT2D eigenvalue weighted by Gasteiger charge is 2.44. The van der Waals surface area contributed by atoms with Crippen LogP contribution in [0.15, 0.2) is 97.2 Å². The molecule has 1 aliphatic heterocycles. The Kier molecular flexibility index (Phi) is 34.2. The van der Waals surface area contributed by atoms with Crippen molar-refractivity contribution in [2.45, 2.75) is 185 Å². The van der Waals surface area contributed by atoms with Crippen LogP contribution in [0.3, 0.4) is 0 Å². The van der Waals surface area contributed by atoms with E-state index >= 15 is 0 Å². The third kappa shape index (κ3) is 28.2. The van der Waals surface area contributed by atoms with Crippen LogP contribution in [0.1, 0.15) is 142 Å². The monoisotopic (exact) mass is 798 g/mol. The van der Waals surface area contributed by atoms with Crippen LogP contribution in [0.2, 0.25) is 0 Å². The summed E-state index contributed by atoms with van der Waals surface area (Å²) in [6.07, 6.45) is 46.6. The van der Waals surface area contributed by atoms with Gasteiger partial charge in [-0.1, -0.05) is 156 Å². The molecular formula is C48H79NO8. The van der Waals surface area contributed by atoms with E-state index in [-0.39, 0.29) is 12.5 Å². The van der Waals surface area contributed by atoms with Gasteiger partial charge in [-0.3, -0.25) is 4.79 Å². The molecule has 1 amide bonds. The van der Waals surface area contributed by atoms with Crippen molar-refractivity contribution in [3.8, 4) is 0 Å². The molecule has 0 saturated carbocycles. The molecule has 9 heteroatoms. The maximum atomic E-state index is 12.8. The Bertz CT molecular complexity index is 1200. The number of carbonyl (C=O) groups excluding carboxylic acids is 1. The van der Waals surface area contributed by atoms with E-state index in [4.69, 9.17) is 9.47 Å². The zero-order valence-electron chi connectivity index (χ0n) is 35.3. The number of rotatable bonds is 34. The van der Waals surface area contributed by atoms with E-state index in [0.717, 1.165) is 116 Å². The predicted octanol–water partition coefficient (Wildman–Crippen LogP) is 8.94. The zero-order chi connectivity index (χ0) is 41.6. The Balaban J connectivity index is 2.12. The van der Waals surface area contributed by atoms with Gasteiger partial charge in [-0.15, -0.1) is 0 Å². The summed E-state index contributed by atoms with van der Waals surface area (Å²) in [5.74, 6) is -0.177. The van der Waals surface area contributed by atoms with E-state index in [2.05, 4.69) is 116 Å². The SMILES string of the molecule is CC/C=C\C/C=C\C/C=C\C/C=C\C/C=C\C/C=C\C/C=C\C/C=C\CCCCCCCCC(=O)NC(COC1OC(CO)C(O)C(O)C1O)C(O)CCCCC. The summed E-state index contributed by atoms with van der Waals surface area (Å²) in [6.45, 7) is 3.51. The van der Waals surface area contributed by atoms with E-state index in [1.54, 1.807) is 0 Å². The third-order valence-electron chi connectivity index (χ3n) is 9.70. The van der Waals surface area contributed by atoms with Gasteiger partial charge in [0.1, 0.15) is 24.4 Å². The lowest BCUT2D eigenvalue weighted by molar-refractivity contribution is -0.302. The first-order chi connectivity index (χ1) is 27.8. The molecule has 324 valence electrons. The van der Waals surface area contributed by atoms with Gasteiger partial charge in [-0.05, 0) is 77.0 Å². The van der Waals surface area contributed by atoms with Crippen LogP contribution in [0.5, 0.6) is 0 Å². The molecule has 1 rings (SSSR count). The maximum Gasteiger partial charge on any atom is 0.220 e. The molecule has 1 heterocycles. The number of hydrogen-bond donors (Lipinski definition) is 6. The fraction of sp³-hybridized carbons (Fsp3) is 0.646. The largest absolute Gasteiger partial charge is 0.394 e. The minimum absolute atomic E-state index is 0.156. The first-order valence-electron chi connectivity index (χ1n) is 21.9. The molecule has 0 aliphatic carbocycles. The van der Waals surface area contributed by atoms with Gasteiger partial charge in [-0.25, -0.2) is 0 Å². The van der Waals surface area contributed by atoms with Crippen molar-refractivity contribution in [1.29, 1.82) is 0 Å². The topological polar surface area (TPSA) is 149 Å². The Morgan fingerprint density at radius 2 is 1.09 bits per heavy atom. The lowest BCUT2D eigenvalue weighted by Gasteiger charge is -2.40. The lowest BCUT2D eigenvalue weighted by atomic mass is 9.99. The molecule has 0 radical (unpaired) electrons. The summed E-state index contributed by atoms with van der Waals surface area (Å²) in [6, 6.07) is -0.729. The second kappa shape index (κ2) is 37.4. The quantitative estimate of drug-likeness (QED) is 0.0279. The van der Waals surface area contributed by atoms with Gasteiger partial charge < -0.3 is 40.3 Å². The molecule has 0 aromatic heterocycles. The van der Waals surface area contributed by atoms with E-state index < -0.39 is 49.5 Å². The Labute approximate surface area is 345 Å². The fourth-order valence-electron chi connectivity index (χ4n) is 6.17. The number of amides is 1. The van der Waals surface area contributed by atoms with Crippen molar-refractivity contribution in [1.82, 2.24) is 5.32 Å². The van der Waals surface area contributed by atoms with Gasteiger partial charge in [0, 0.05) is 6.42 Å². The first-order valence-corrected chi connectivity index (χ1v) is 21.9. The Morgan fingerprint density at radius 3 is 1.58 bits per heavy atom. The van der Waals surface area contributed by atoms with Crippen molar-refractivity contribution in [2.24, 2.45) is 0 Å². The van der Waals surface area contributed by atoms with Crippen LogP contribution in [0.4, 0.5) is 0 Å². The Morgan fingerprint density at radius 1 is 0.614 bits per heavy atom. The standard InChI is InChI=1S/C48H79NO8/c1-3-5-7-8-9-10-11-12-13-14-15-16-17-18-19-20-21-22-23-24-25-26-27-28-29-30-31-32-33-34-36-38-44(52)49-41(42(51)37-35-6-4-2)40-56-48-47(55)46(54)45(53)43(39-50)57-48/h5,7,9-10,12-13,15-16,18-19,21-22,24-25,27-28,41-43,45-48,50-51,53-55H,3-4,6,8,11,14,17,20,23,26,29-40H2,1-2H3,(H,49,52)/b7-5-,10-9-,13-12-,16-15-,19-18-,22-21-,25-24-,28-27-. The number of aliphatic hydroxyl groups excluding tert-OH is 5. The van der Waals surface area contributed by atoms with Gasteiger partial charge >= 0.3 is 0 Å². The normalized spacial score (nSPS) is 22.0. The van der Waals surface area contributed by atoms with Gasteiger partial charge in [0.15, 0.2) is 6.29 Å². The summed E-state index contributed by atoms with van der Waals surface area (Å²) >= 11 is 0. The maximum absolute atomic E-state index is 12.8. The minimum Gasteiger partial charge on any atom is -0.394 e. The van der Waals surface area contributed by atoms with E-state index in [1.807, 2.05) is 0 Å². The summed E-state index contributed by atoms with van der Waals surface area (Å²) in [5.41, 5.74) is 0. The van der Waals surface area contributed by atoms with Crippen LogP contribution in [0, 0.1) is 0 Å². The van der Waals surface area contributed by atoms with Gasteiger partial charge in [-0.2, -0.15) is 0 Å². The molecule has 9 nitrogen and oxygen atoms in total. The van der Waals surface area contributed by atoms with Crippen molar-refractivity contribution in [3.63, 3.8) is 0 Å². The molecule has 7 unspecified atom stereocenters. The number of ether oxygens (including phenoxy) is 2. The van der Waals surface area contributed by atoms with Crippen LogP contribution in [0.25, 0.3) is 0 Å². The van der Waals surface area contributed by atoms with Crippen LogP contribution in [-0.4, -0.2) is 87.5 Å². The molecule has 1 saturated heterocycles. The Hall–Kier alpha value is -2.89. The molecule has 1 aliphatic rings. The average Bonchev–Trinajstić information content (AvgIpc) is 3.21. The van der Waals surface area contributed by atoms with Gasteiger partial charge in [0.25, 0.3) is 0 Å². The molecule has 0 aromatic rings. The zero-order valence-corrected chi connectivity index (χ0v) is 35.3. The smallest absolute Gasteiger partial charge is 0.220 e. The average molecular weight is 798 g/mol. The number of unbranched alkanes of at least 4 members (excludes halogenated alkanes) is 8. The number of hydrogen-bond acceptors (Lipinski definition) is 8. The number of carbonyl (C=O) groups is 1. The number of nitrogens with one attached hydrogen (secondary N) is 1. The summed E-state index contributed by atoms with van der Waals surface area (Å²) in [5, 5.41) is 53.5. The first kappa shape index (κ1) is 52.1. The molecule has 0 spiro atoms. The molecule has 1 fully saturated rings. The van der Waals surface area contributed by atoms with Crippen molar-refractivity contribution >= 4 is 5.91 Å². The lowest BCUT2D eigenvalue weighted by Crippen LogP contribution is -2.60. The third-order valence-corrected chi connectivity index (χ3v) is 9.70. The van der Waals surface area contributed by atoms with Gasteiger partial charge in [0.2, 0.25) is 5.91 Å². The number of allylic oxidation sites excluding steroid dienone is 16. The van der Waals surface area contributed by atoms with Crippen LogP contribution < -0.4 is 5.32 Å². The van der Waals surface area contributed by atoms with Crippen molar-refractivity contribution < 1.29 is 39.8 Å². The van der Waals surface area contributed by atoms with E-state index in [0.29, 0.717) is 12.8 Å². The van der Waals surface area contributed by atoms with Gasteiger partial charge in [0.05, 0.1) is 25.4 Å².